The number of carbonyl (C=O) groups is 1. The van der Waals surface area contributed by atoms with Crippen LogP contribution in [-0.4, -0.2) is 36.2 Å². The monoisotopic (exact) mass is 249 g/mol. The van der Waals surface area contributed by atoms with Gasteiger partial charge in [0, 0.05) is 24.3 Å². The van der Waals surface area contributed by atoms with Crippen molar-refractivity contribution in [2.45, 2.75) is 32.9 Å². The largest absolute Gasteiger partial charge is 0.507 e. The maximum Gasteiger partial charge on any atom is 0.163 e. The number of rotatable bonds is 2. The molecule has 1 heterocycles. The molecule has 1 N–H and O–H groups in total. The molecule has 2 rings (SSSR count). The van der Waals surface area contributed by atoms with E-state index in [1.807, 2.05) is 13.0 Å². The fourth-order valence-corrected chi connectivity index (χ4v) is 2.26. The van der Waals surface area contributed by atoms with Gasteiger partial charge in [-0.1, -0.05) is 0 Å². The number of hydrogen-bond acceptors (Lipinski definition) is 4. The number of Topliss-reactive ketones (excluding diaryl/α,β-unsaturated/α-hetero) is 1. The Balaban J connectivity index is 2.28. The smallest absolute Gasteiger partial charge is 0.163 e. The summed E-state index contributed by atoms with van der Waals surface area (Å²) in [6.07, 6.45) is 0.177. The number of aromatic hydroxyl groups is 1. The molecule has 1 aliphatic rings. The van der Waals surface area contributed by atoms with E-state index in [9.17, 15) is 9.90 Å². The highest BCUT2D eigenvalue weighted by molar-refractivity contribution is 5.97. The average Bonchev–Trinajstić information content (AvgIpc) is 2.31. The Morgan fingerprint density at radius 1 is 1.44 bits per heavy atom. The van der Waals surface area contributed by atoms with Crippen LogP contribution in [0.25, 0.3) is 0 Å². The molecule has 1 aromatic carbocycles. The molecule has 0 bridgehead atoms. The Morgan fingerprint density at radius 3 is 2.78 bits per heavy atom. The quantitative estimate of drug-likeness (QED) is 0.816. The lowest BCUT2D eigenvalue weighted by Crippen LogP contribution is -2.47. The molecule has 1 aliphatic heterocycles. The van der Waals surface area contributed by atoms with E-state index >= 15 is 0 Å². The first-order valence-corrected chi connectivity index (χ1v) is 6.21. The molecule has 1 aromatic rings. The molecule has 0 aliphatic carbocycles. The first-order valence-electron chi connectivity index (χ1n) is 6.21. The van der Waals surface area contributed by atoms with E-state index in [-0.39, 0.29) is 23.7 Å². The molecule has 4 nitrogen and oxygen atoms in total. The lowest BCUT2D eigenvalue weighted by molar-refractivity contribution is 0.0343. The third kappa shape index (κ3) is 2.48. The van der Waals surface area contributed by atoms with Crippen molar-refractivity contribution < 1.29 is 14.6 Å². The Morgan fingerprint density at radius 2 is 2.17 bits per heavy atom. The zero-order chi connectivity index (χ0) is 13.3. The minimum absolute atomic E-state index is 0.0475. The van der Waals surface area contributed by atoms with Gasteiger partial charge in [-0.25, -0.2) is 0 Å². The lowest BCUT2D eigenvalue weighted by Gasteiger charge is -2.38. The van der Waals surface area contributed by atoms with E-state index < -0.39 is 0 Å². The van der Waals surface area contributed by atoms with Crippen LogP contribution in [0.4, 0.5) is 5.69 Å². The van der Waals surface area contributed by atoms with Crippen LogP contribution in [0.2, 0.25) is 0 Å². The summed E-state index contributed by atoms with van der Waals surface area (Å²) in [5.74, 6) is -0.0752. The standard InChI is InChI=1S/C14H19NO3/c1-9-8-18-10(2)7-15(9)12-4-5-13(11(3)16)14(17)6-12/h4-6,9-10,17H,7-8H2,1-3H3. The van der Waals surface area contributed by atoms with Gasteiger partial charge >= 0.3 is 0 Å². The Hall–Kier alpha value is -1.55. The van der Waals surface area contributed by atoms with Gasteiger partial charge in [0.15, 0.2) is 5.78 Å². The van der Waals surface area contributed by atoms with E-state index in [1.54, 1.807) is 12.1 Å². The molecule has 4 heteroatoms. The molecule has 2 unspecified atom stereocenters. The number of phenols is 1. The summed E-state index contributed by atoms with van der Waals surface area (Å²) >= 11 is 0. The number of benzene rings is 1. The number of ketones is 1. The SMILES string of the molecule is CC(=O)c1ccc(N2CC(C)OCC2C)cc1O. The van der Waals surface area contributed by atoms with Crippen LogP contribution in [0.1, 0.15) is 31.1 Å². The molecule has 2 atom stereocenters. The van der Waals surface area contributed by atoms with Crippen LogP contribution < -0.4 is 4.90 Å². The van der Waals surface area contributed by atoms with Crippen LogP contribution in [0.3, 0.4) is 0 Å². The molecule has 18 heavy (non-hydrogen) atoms. The molecule has 0 radical (unpaired) electrons. The number of carbonyl (C=O) groups excluding carboxylic acids is 1. The summed E-state index contributed by atoms with van der Waals surface area (Å²) < 4.78 is 5.58. The zero-order valence-electron chi connectivity index (χ0n) is 11.0. The van der Waals surface area contributed by atoms with Gasteiger partial charge < -0.3 is 14.7 Å². The van der Waals surface area contributed by atoms with Gasteiger partial charge in [-0.3, -0.25) is 4.79 Å². The molecule has 1 saturated heterocycles. The molecular formula is C14H19NO3. The highest BCUT2D eigenvalue weighted by Crippen LogP contribution is 2.28. The van der Waals surface area contributed by atoms with Gasteiger partial charge in [0.25, 0.3) is 0 Å². The summed E-state index contributed by atoms with van der Waals surface area (Å²) in [6.45, 7) is 7.04. The number of morpholine rings is 1. The van der Waals surface area contributed by atoms with Crippen molar-refractivity contribution in [3.8, 4) is 5.75 Å². The Kier molecular flexibility index (Phi) is 3.57. The molecule has 0 amide bonds. The van der Waals surface area contributed by atoms with Crippen molar-refractivity contribution >= 4 is 11.5 Å². The second-order valence-corrected chi connectivity index (χ2v) is 4.90. The normalized spacial score (nSPS) is 24.1. The topological polar surface area (TPSA) is 49.8 Å². The Labute approximate surface area is 107 Å². The third-order valence-electron chi connectivity index (χ3n) is 3.30. The lowest BCUT2D eigenvalue weighted by atomic mass is 10.1. The number of anilines is 1. The van der Waals surface area contributed by atoms with Gasteiger partial charge in [-0.05, 0) is 32.9 Å². The van der Waals surface area contributed by atoms with E-state index in [4.69, 9.17) is 4.74 Å². The molecule has 0 aromatic heterocycles. The van der Waals surface area contributed by atoms with Crippen LogP contribution in [0.5, 0.6) is 5.75 Å². The first-order chi connectivity index (χ1) is 8.49. The van der Waals surface area contributed by atoms with E-state index in [1.165, 1.54) is 6.92 Å². The minimum Gasteiger partial charge on any atom is -0.507 e. The molecule has 98 valence electrons. The summed E-state index contributed by atoms with van der Waals surface area (Å²) in [6, 6.07) is 5.49. The van der Waals surface area contributed by atoms with E-state index in [0.29, 0.717) is 12.2 Å². The van der Waals surface area contributed by atoms with E-state index in [2.05, 4.69) is 11.8 Å². The van der Waals surface area contributed by atoms with Crippen LogP contribution in [0.15, 0.2) is 18.2 Å². The first kappa shape index (κ1) is 12.9. The Bertz CT molecular complexity index is 458. The van der Waals surface area contributed by atoms with Crippen molar-refractivity contribution in [1.82, 2.24) is 0 Å². The predicted molar refractivity (Wildman–Crippen MR) is 70.3 cm³/mol. The van der Waals surface area contributed by atoms with Crippen LogP contribution in [-0.2, 0) is 4.74 Å². The highest BCUT2D eigenvalue weighted by atomic mass is 16.5. The molecular weight excluding hydrogens is 230 g/mol. The fraction of sp³-hybridized carbons (Fsp3) is 0.500. The molecule has 1 fully saturated rings. The van der Waals surface area contributed by atoms with Gasteiger partial charge in [-0.2, -0.15) is 0 Å². The predicted octanol–water partition coefficient (Wildman–Crippen LogP) is 2.21. The van der Waals surface area contributed by atoms with Crippen molar-refractivity contribution in [1.29, 1.82) is 0 Å². The number of phenolic OH excluding ortho intramolecular Hbond substituents is 1. The molecule has 0 spiro atoms. The maximum absolute atomic E-state index is 11.3. The van der Waals surface area contributed by atoms with Crippen molar-refractivity contribution in [3.63, 3.8) is 0 Å². The second-order valence-electron chi connectivity index (χ2n) is 4.90. The third-order valence-corrected chi connectivity index (χ3v) is 3.30. The van der Waals surface area contributed by atoms with Gasteiger partial charge in [0.1, 0.15) is 5.75 Å². The highest BCUT2D eigenvalue weighted by Gasteiger charge is 2.24. The van der Waals surface area contributed by atoms with Crippen LogP contribution in [0, 0.1) is 0 Å². The van der Waals surface area contributed by atoms with E-state index in [0.717, 1.165) is 12.2 Å². The molecule has 0 saturated carbocycles. The summed E-state index contributed by atoms with van der Waals surface area (Å²) in [5, 5.41) is 9.87. The van der Waals surface area contributed by atoms with Crippen LogP contribution >= 0.6 is 0 Å². The number of ether oxygens (including phenoxy) is 1. The van der Waals surface area contributed by atoms with Gasteiger partial charge in [0.05, 0.1) is 18.3 Å². The van der Waals surface area contributed by atoms with Gasteiger partial charge in [-0.15, -0.1) is 0 Å². The van der Waals surface area contributed by atoms with Crippen molar-refractivity contribution in [3.05, 3.63) is 23.8 Å². The fourth-order valence-electron chi connectivity index (χ4n) is 2.26. The van der Waals surface area contributed by atoms with Crippen molar-refractivity contribution in [2.75, 3.05) is 18.1 Å². The summed E-state index contributed by atoms with van der Waals surface area (Å²) in [4.78, 5) is 13.5. The minimum atomic E-state index is -0.123. The van der Waals surface area contributed by atoms with Gasteiger partial charge in [0.2, 0.25) is 0 Å². The number of hydrogen-bond donors (Lipinski definition) is 1. The van der Waals surface area contributed by atoms with Crippen molar-refractivity contribution in [2.24, 2.45) is 0 Å². The summed E-state index contributed by atoms with van der Waals surface area (Å²) in [5.41, 5.74) is 1.30. The second kappa shape index (κ2) is 4.98. The summed E-state index contributed by atoms with van der Waals surface area (Å²) in [7, 11) is 0. The number of nitrogens with zero attached hydrogens (tertiary/aromatic N) is 1. The average molecular weight is 249 g/mol. The zero-order valence-corrected chi connectivity index (χ0v) is 11.0. The maximum atomic E-state index is 11.3.